The van der Waals surface area contributed by atoms with E-state index in [0.717, 1.165) is 33.1 Å². The van der Waals surface area contributed by atoms with Gasteiger partial charge in [0.1, 0.15) is 5.75 Å². The predicted molar refractivity (Wildman–Crippen MR) is 80.5 cm³/mol. The molecule has 2 aromatic carbocycles. The Balaban J connectivity index is 2.28. The van der Waals surface area contributed by atoms with Gasteiger partial charge in [0.25, 0.3) is 5.56 Å². The highest BCUT2D eigenvalue weighted by Gasteiger charge is 2.10. The summed E-state index contributed by atoms with van der Waals surface area (Å²) in [5.74, 6) is 0.771. The molecule has 4 rings (SSSR count). The molecule has 0 saturated carbocycles. The quantitative estimate of drug-likeness (QED) is 0.554. The van der Waals surface area contributed by atoms with Crippen LogP contribution >= 0.6 is 0 Å². The second-order valence-electron chi connectivity index (χ2n) is 4.79. The van der Waals surface area contributed by atoms with Crippen molar-refractivity contribution in [3.8, 4) is 5.75 Å². The molecule has 0 radical (unpaired) electrons. The first-order chi connectivity index (χ1) is 9.78. The monoisotopic (exact) mass is 264 g/mol. The highest BCUT2D eigenvalue weighted by molar-refractivity contribution is 6.14. The fraction of sp³-hybridized carbons (Fsp3) is 0.0625. The van der Waals surface area contributed by atoms with Gasteiger partial charge in [-0.2, -0.15) is 0 Å². The molecule has 0 spiro atoms. The maximum absolute atomic E-state index is 12.2. The van der Waals surface area contributed by atoms with Crippen LogP contribution in [0.2, 0.25) is 0 Å². The summed E-state index contributed by atoms with van der Waals surface area (Å²) in [6.07, 6.45) is 0. The van der Waals surface area contributed by atoms with Gasteiger partial charge in [0.2, 0.25) is 0 Å². The third kappa shape index (κ3) is 1.39. The number of aromatic nitrogens is 2. The van der Waals surface area contributed by atoms with Gasteiger partial charge < -0.3 is 14.7 Å². The lowest BCUT2D eigenvalue weighted by Crippen LogP contribution is -2.05. The summed E-state index contributed by atoms with van der Waals surface area (Å²) in [5.41, 5.74) is 2.68. The third-order valence-corrected chi connectivity index (χ3v) is 3.69. The Morgan fingerprint density at radius 2 is 1.65 bits per heavy atom. The van der Waals surface area contributed by atoms with Crippen molar-refractivity contribution in [2.45, 2.75) is 0 Å². The minimum atomic E-state index is -0.0724. The number of hydrogen-bond donors (Lipinski definition) is 2. The number of ether oxygens (including phenoxy) is 1. The summed E-state index contributed by atoms with van der Waals surface area (Å²) in [7, 11) is 1.63. The lowest BCUT2D eigenvalue weighted by Gasteiger charge is -1.99. The average Bonchev–Trinajstić information content (AvgIpc) is 2.85. The molecule has 98 valence electrons. The van der Waals surface area contributed by atoms with Crippen LogP contribution in [0.15, 0.2) is 47.3 Å². The fourth-order valence-electron chi connectivity index (χ4n) is 2.71. The number of H-pyrrole nitrogens is 2. The zero-order valence-corrected chi connectivity index (χ0v) is 10.9. The zero-order chi connectivity index (χ0) is 13.7. The molecule has 0 bridgehead atoms. The van der Waals surface area contributed by atoms with E-state index in [-0.39, 0.29) is 5.56 Å². The molecule has 20 heavy (non-hydrogen) atoms. The van der Waals surface area contributed by atoms with E-state index in [9.17, 15) is 4.79 Å². The van der Waals surface area contributed by atoms with Crippen molar-refractivity contribution in [2.75, 3.05) is 7.11 Å². The standard InChI is InChI=1S/C16H12N2O2/c1-20-9-6-7-13-12(8-9)15-14(17-13)10-4-2-3-5-11(10)16(19)18-15/h2-8,17H,1H3,(H,18,19). The summed E-state index contributed by atoms with van der Waals surface area (Å²) in [5, 5.41) is 2.59. The van der Waals surface area contributed by atoms with Crippen LogP contribution in [0.25, 0.3) is 32.7 Å². The predicted octanol–water partition coefficient (Wildman–Crippen LogP) is 3.17. The van der Waals surface area contributed by atoms with Crippen LogP contribution in [-0.2, 0) is 0 Å². The van der Waals surface area contributed by atoms with Gasteiger partial charge in [-0.3, -0.25) is 4.79 Å². The van der Waals surface area contributed by atoms with Crippen molar-refractivity contribution < 1.29 is 4.74 Å². The molecule has 4 aromatic rings. The Morgan fingerprint density at radius 1 is 0.900 bits per heavy atom. The van der Waals surface area contributed by atoms with Crippen molar-refractivity contribution in [2.24, 2.45) is 0 Å². The van der Waals surface area contributed by atoms with Crippen molar-refractivity contribution in [1.82, 2.24) is 9.97 Å². The first-order valence-electron chi connectivity index (χ1n) is 6.38. The van der Waals surface area contributed by atoms with E-state index in [1.165, 1.54) is 0 Å². The van der Waals surface area contributed by atoms with Crippen LogP contribution < -0.4 is 10.3 Å². The molecule has 0 aliphatic rings. The van der Waals surface area contributed by atoms with Crippen LogP contribution in [0.1, 0.15) is 0 Å². The number of nitrogens with one attached hydrogen (secondary N) is 2. The number of methoxy groups -OCH3 is 1. The molecule has 0 atom stereocenters. The number of pyridine rings is 1. The molecule has 4 nitrogen and oxygen atoms in total. The van der Waals surface area contributed by atoms with Gasteiger partial charge in [-0.25, -0.2) is 0 Å². The van der Waals surface area contributed by atoms with E-state index in [1.807, 2.05) is 42.5 Å². The van der Waals surface area contributed by atoms with E-state index in [2.05, 4.69) is 9.97 Å². The maximum atomic E-state index is 12.2. The minimum absolute atomic E-state index is 0.0724. The third-order valence-electron chi connectivity index (χ3n) is 3.69. The summed E-state index contributed by atoms with van der Waals surface area (Å²) in [6.45, 7) is 0. The normalized spacial score (nSPS) is 11.4. The van der Waals surface area contributed by atoms with E-state index in [4.69, 9.17) is 4.74 Å². The second-order valence-corrected chi connectivity index (χ2v) is 4.79. The first kappa shape index (κ1) is 11.1. The van der Waals surface area contributed by atoms with E-state index in [1.54, 1.807) is 7.11 Å². The number of rotatable bonds is 1. The Morgan fingerprint density at radius 3 is 2.45 bits per heavy atom. The Hall–Kier alpha value is -2.75. The van der Waals surface area contributed by atoms with Gasteiger partial charge >= 0.3 is 0 Å². The van der Waals surface area contributed by atoms with Gasteiger partial charge in [-0.05, 0) is 24.3 Å². The highest BCUT2D eigenvalue weighted by atomic mass is 16.5. The maximum Gasteiger partial charge on any atom is 0.256 e. The van der Waals surface area contributed by atoms with Gasteiger partial charge in [0.15, 0.2) is 0 Å². The van der Waals surface area contributed by atoms with E-state index >= 15 is 0 Å². The number of hydrogen-bond acceptors (Lipinski definition) is 2. The van der Waals surface area contributed by atoms with Gasteiger partial charge in [0, 0.05) is 21.7 Å². The van der Waals surface area contributed by atoms with Crippen molar-refractivity contribution >= 4 is 32.7 Å². The van der Waals surface area contributed by atoms with Crippen molar-refractivity contribution in [3.63, 3.8) is 0 Å². The molecule has 2 N–H and O–H groups in total. The lowest BCUT2D eigenvalue weighted by molar-refractivity contribution is 0.415. The van der Waals surface area contributed by atoms with Gasteiger partial charge in [0.05, 0.1) is 18.1 Å². The topological polar surface area (TPSA) is 57.9 Å². The minimum Gasteiger partial charge on any atom is -0.497 e. The van der Waals surface area contributed by atoms with Gasteiger partial charge in [-0.1, -0.05) is 18.2 Å². The van der Waals surface area contributed by atoms with Crippen LogP contribution in [-0.4, -0.2) is 17.1 Å². The molecule has 4 heteroatoms. The molecule has 2 aromatic heterocycles. The van der Waals surface area contributed by atoms with Crippen molar-refractivity contribution in [1.29, 1.82) is 0 Å². The summed E-state index contributed by atoms with van der Waals surface area (Å²) >= 11 is 0. The fourth-order valence-corrected chi connectivity index (χ4v) is 2.71. The summed E-state index contributed by atoms with van der Waals surface area (Å²) in [4.78, 5) is 18.5. The Bertz CT molecular complexity index is 1010. The molecule has 0 unspecified atom stereocenters. The number of aromatic amines is 2. The lowest BCUT2D eigenvalue weighted by atomic mass is 10.1. The Labute approximate surface area is 114 Å². The van der Waals surface area contributed by atoms with Gasteiger partial charge in [-0.15, -0.1) is 0 Å². The summed E-state index contributed by atoms with van der Waals surface area (Å²) in [6, 6.07) is 13.4. The largest absolute Gasteiger partial charge is 0.497 e. The van der Waals surface area contributed by atoms with Crippen LogP contribution in [0.3, 0.4) is 0 Å². The van der Waals surface area contributed by atoms with Crippen LogP contribution in [0, 0.1) is 0 Å². The average molecular weight is 264 g/mol. The Kier molecular flexibility index (Phi) is 2.15. The molecule has 2 heterocycles. The van der Waals surface area contributed by atoms with E-state index in [0.29, 0.717) is 5.39 Å². The van der Waals surface area contributed by atoms with E-state index < -0.39 is 0 Å². The van der Waals surface area contributed by atoms with Crippen LogP contribution in [0.4, 0.5) is 0 Å². The van der Waals surface area contributed by atoms with Crippen LogP contribution in [0.5, 0.6) is 5.75 Å². The molecule has 0 aliphatic carbocycles. The molecule has 0 amide bonds. The number of benzene rings is 2. The molecule has 0 fully saturated rings. The first-order valence-corrected chi connectivity index (χ1v) is 6.38. The SMILES string of the molecule is COc1ccc2[nH]c3c4ccccc4c(=O)[nH]c3c2c1. The zero-order valence-electron chi connectivity index (χ0n) is 10.9. The molecule has 0 aliphatic heterocycles. The van der Waals surface area contributed by atoms with Crippen molar-refractivity contribution in [3.05, 3.63) is 52.8 Å². The summed E-state index contributed by atoms with van der Waals surface area (Å²) < 4.78 is 5.25. The second kappa shape index (κ2) is 3.87. The smallest absolute Gasteiger partial charge is 0.256 e. The highest BCUT2D eigenvalue weighted by Crippen LogP contribution is 2.30. The molecule has 0 saturated heterocycles. The molecular formula is C16H12N2O2. The number of fused-ring (bicyclic) bond motifs is 5. The molecular weight excluding hydrogens is 252 g/mol.